The molecule has 0 spiro atoms. The van der Waals surface area contributed by atoms with Crippen molar-refractivity contribution in [1.82, 2.24) is 20.1 Å². The number of rotatable bonds is 3. The number of carbonyl (C=O) groups is 2. The Labute approximate surface area is 217 Å². The number of likely N-dealkylation sites (N-methyl/N-ethyl adjacent to an activating group) is 1. The third-order valence-electron chi connectivity index (χ3n) is 5.91. The van der Waals surface area contributed by atoms with Gasteiger partial charge in [-0.3, -0.25) is 4.79 Å². The van der Waals surface area contributed by atoms with Gasteiger partial charge in [0, 0.05) is 36.6 Å². The number of anilines is 1. The Balaban J connectivity index is 1.45. The first kappa shape index (κ1) is 26.9. The van der Waals surface area contributed by atoms with Crippen molar-refractivity contribution < 1.29 is 27.9 Å². The second-order valence-corrected chi connectivity index (χ2v) is 9.57. The van der Waals surface area contributed by atoms with Gasteiger partial charge < -0.3 is 15.3 Å². The average Bonchev–Trinajstić information content (AvgIpc) is 3.28. The summed E-state index contributed by atoms with van der Waals surface area (Å²) >= 11 is 0. The molecular weight excluding hydrogens is 499 g/mol. The predicted octanol–water partition coefficient (Wildman–Crippen LogP) is 3.55. The standard InChI is InChI=1S/C27H26F3N5O3/c1-26(2,38)12-11-17-7-8-19-9-10-21(24(36)34(3)22(19)14-17)33-25(37)35-16-18(15-31-35)13-20-5-4-6-23(32-20)27(28,29)30/h4-8,14-16,21,38H,9-10,13H2,1-3H3,(H,33,37)/t21-/m1/s1. The Morgan fingerprint density at radius 3 is 2.71 bits per heavy atom. The van der Waals surface area contributed by atoms with Crippen LogP contribution in [0.15, 0.2) is 48.8 Å². The first-order valence-electron chi connectivity index (χ1n) is 11.8. The van der Waals surface area contributed by atoms with Crippen LogP contribution in [-0.4, -0.2) is 50.5 Å². The number of aromatic nitrogens is 3. The van der Waals surface area contributed by atoms with Crippen LogP contribution in [0.5, 0.6) is 0 Å². The summed E-state index contributed by atoms with van der Waals surface area (Å²) in [7, 11) is 1.62. The lowest BCUT2D eigenvalue weighted by molar-refractivity contribution is -0.141. The van der Waals surface area contributed by atoms with Crippen LogP contribution in [-0.2, 0) is 23.8 Å². The number of hydrogen-bond acceptors (Lipinski definition) is 5. The number of pyridine rings is 1. The number of carbonyl (C=O) groups excluding carboxylic acids is 2. The number of fused-ring (bicyclic) bond motifs is 1. The molecule has 2 amide bonds. The molecule has 11 heteroatoms. The maximum Gasteiger partial charge on any atom is 0.433 e. The molecule has 1 atom stereocenters. The van der Waals surface area contributed by atoms with Crippen LogP contribution in [0.1, 0.15) is 48.3 Å². The fourth-order valence-electron chi connectivity index (χ4n) is 4.02. The normalized spacial score (nSPS) is 15.8. The lowest BCUT2D eigenvalue weighted by atomic mass is 10.0. The highest BCUT2D eigenvalue weighted by Crippen LogP contribution is 2.28. The molecule has 0 saturated heterocycles. The molecule has 0 unspecified atom stereocenters. The lowest BCUT2D eigenvalue weighted by Gasteiger charge is -2.22. The quantitative estimate of drug-likeness (QED) is 0.510. The fraction of sp³-hybridized carbons (Fsp3) is 0.333. The topological polar surface area (TPSA) is 100 Å². The molecule has 38 heavy (non-hydrogen) atoms. The van der Waals surface area contributed by atoms with E-state index in [1.165, 1.54) is 29.4 Å². The van der Waals surface area contributed by atoms with Crippen molar-refractivity contribution in [2.75, 3.05) is 11.9 Å². The molecule has 0 saturated carbocycles. The molecular formula is C27H26F3N5O3. The van der Waals surface area contributed by atoms with E-state index in [2.05, 4.69) is 27.2 Å². The highest BCUT2D eigenvalue weighted by Gasteiger charge is 2.32. The summed E-state index contributed by atoms with van der Waals surface area (Å²) in [6.07, 6.45) is -0.848. The summed E-state index contributed by atoms with van der Waals surface area (Å²) in [4.78, 5) is 31.1. The average molecular weight is 526 g/mol. The second kappa shape index (κ2) is 10.3. The first-order chi connectivity index (χ1) is 17.8. The van der Waals surface area contributed by atoms with Crippen LogP contribution in [0.2, 0.25) is 0 Å². The summed E-state index contributed by atoms with van der Waals surface area (Å²) in [5.41, 5.74) is 0.763. The minimum atomic E-state index is -4.55. The van der Waals surface area contributed by atoms with Gasteiger partial charge in [0.15, 0.2) is 0 Å². The maximum absolute atomic E-state index is 13.2. The van der Waals surface area contributed by atoms with Gasteiger partial charge in [0.1, 0.15) is 17.3 Å². The van der Waals surface area contributed by atoms with Crippen LogP contribution in [0.4, 0.5) is 23.7 Å². The third kappa shape index (κ3) is 6.39. The Hall–Kier alpha value is -4.17. The predicted molar refractivity (Wildman–Crippen MR) is 133 cm³/mol. The van der Waals surface area contributed by atoms with Gasteiger partial charge in [-0.25, -0.2) is 9.78 Å². The van der Waals surface area contributed by atoms with Gasteiger partial charge in [-0.15, -0.1) is 0 Å². The van der Waals surface area contributed by atoms with Crippen LogP contribution in [0, 0.1) is 11.8 Å². The Morgan fingerprint density at radius 1 is 1.24 bits per heavy atom. The number of halogens is 3. The second-order valence-electron chi connectivity index (χ2n) is 9.57. The van der Waals surface area contributed by atoms with Crippen LogP contribution in [0.3, 0.4) is 0 Å². The summed E-state index contributed by atoms with van der Waals surface area (Å²) in [5, 5.41) is 16.6. The van der Waals surface area contributed by atoms with Crippen LogP contribution in [0.25, 0.3) is 0 Å². The van der Waals surface area contributed by atoms with E-state index in [9.17, 15) is 27.9 Å². The van der Waals surface area contributed by atoms with E-state index in [4.69, 9.17) is 0 Å². The van der Waals surface area contributed by atoms with Crippen LogP contribution >= 0.6 is 0 Å². The molecule has 1 aromatic carbocycles. The molecule has 3 heterocycles. The van der Waals surface area contributed by atoms with Crippen LogP contribution < -0.4 is 10.2 Å². The first-order valence-corrected chi connectivity index (χ1v) is 11.8. The fourth-order valence-corrected chi connectivity index (χ4v) is 4.02. The number of aliphatic hydroxyl groups is 1. The Kier molecular flexibility index (Phi) is 7.29. The van der Waals surface area contributed by atoms with Gasteiger partial charge in [-0.1, -0.05) is 24.0 Å². The zero-order valence-electron chi connectivity index (χ0n) is 21.0. The van der Waals surface area contributed by atoms with Gasteiger partial charge in [-0.05, 0) is 62.1 Å². The summed E-state index contributed by atoms with van der Waals surface area (Å²) in [6, 6.07) is 7.65. The highest BCUT2D eigenvalue weighted by atomic mass is 19.4. The van der Waals surface area contributed by atoms with Crippen molar-refractivity contribution in [3.05, 3.63) is 76.9 Å². The maximum atomic E-state index is 13.2. The molecule has 3 aromatic rings. The molecule has 1 aliphatic rings. The van der Waals surface area contributed by atoms with Gasteiger partial charge in [0.05, 0.1) is 6.20 Å². The molecule has 2 N–H and O–H groups in total. The van der Waals surface area contributed by atoms with Crippen molar-refractivity contribution in [2.24, 2.45) is 0 Å². The SMILES string of the molecule is CN1C(=O)[C@H](NC(=O)n2cc(Cc3cccc(C(F)(F)F)n3)cn2)CCc2ccc(C#CC(C)(C)O)cc21. The monoisotopic (exact) mass is 525 g/mol. The number of alkyl halides is 3. The van der Waals surface area contributed by atoms with Crippen molar-refractivity contribution in [3.8, 4) is 11.8 Å². The largest absolute Gasteiger partial charge is 0.433 e. The van der Waals surface area contributed by atoms with Crippen molar-refractivity contribution in [3.63, 3.8) is 0 Å². The van der Waals surface area contributed by atoms with Crippen molar-refractivity contribution in [2.45, 2.75) is 50.9 Å². The van der Waals surface area contributed by atoms with E-state index in [0.29, 0.717) is 29.7 Å². The van der Waals surface area contributed by atoms with Gasteiger partial charge in [0.25, 0.3) is 0 Å². The van der Waals surface area contributed by atoms with E-state index in [1.54, 1.807) is 27.0 Å². The van der Waals surface area contributed by atoms with E-state index in [-0.39, 0.29) is 18.0 Å². The molecule has 0 radical (unpaired) electrons. The van der Waals surface area contributed by atoms with Crippen molar-refractivity contribution >= 4 is 17.6 Å². The van der Waals surface area contributed by atoms with Gasteiger partial charge in [-0.2, -0.15) is 23.0 Å². The number of nitrogens with zero attached hydrogens (tertiary/aromatic N) is 4. The molecule has 4 rings (SSSR count). The summed E-state index contributed by atoms with van der Waals surface area (Å²) < 4.78 is 39.8. The molecule has 2 aromatic heterocycles. The molecule has 1 aliphatic heterocycles. The minimum Gasteiger partial charge on any atom is -0.378 e. The van der Waals surface area contributed by atoms with Gasteiger partial charge in [0.2, 0.25) is 5.91 Å². The molecule has 8 nitrogen and oxygen atoms in total. The zero-order valence-corrected chi connectivity index (χ0v) is 21.0. The summed E-state index contributed by atoms with van der Waals surface area (Å²) in [6.45, 7) is 3.16. The molecule has 0 fully saturated rings. The van der Waals surface area contributed by atoms with E-state index in [1.807, 2.05) is 12.1 Å². The van der Waals surface area contributed by atoms with E-state index < -0.39 is 29.5 Å². The molecule has 198 valence electrons. The zero-order chi connectivity index (χ0) is 27.7. The number of benzene rings is 1. The van der Waals surface area contributed by atoms with E-state index in [0.717, 1.165) is 16.3 Å². The summed E-state index contributed by atoms with van der Waals surface area (Å²) in [5.74, 6) is 5.34. The lowest BCUT2D eigenvalue weighted by Crippen LogP contribution is -2.48. The number of hydrogen-bond donors (Lipinski definition) is 2. The minimum absolute atomic E-state index is 0.0519. The molecule has 0 bridgehead atoms. The highest BCUT2D eigenvalue weighted by molar-refractivity contribution is 6.00. The van der Waals surface area contributed by atoms with Crippen molar-refractivity contribution in [1.29, 1.82) is 0 Å². The number of aryl methyl sites for hydroxylation is 1. The number of nitrogens with one attached hydrogen (secondary N) is 1. The smallest absolute Gasteiger partial charge is 0.378 e. The Bertz CT molecular complexity index is 1430. The third-order valence-corrected chi connectivity index (χ3v) is 5.91. The van der Waals surface area contributed by atoms with E-state index >= 15 is 0 Å². The number of amides is 2. The Morgan fingerprint density at radius 2 is 2.00 bits per heavy atom. The molecule has 0 aliphatic carbocycles. The van der Waals surface area contributed by atoms with Gasteiger partial charge >= 0.3 is 12.2 Å².